The fourth-order valence-electron chi connectivity index (χ4n) is 11.4. The average Bonchev–Trinajstić information content (AvgIpc) is 3.19. The molecule has 0 spiro atoms. The van der Waals surface area contributed by atoms with E-state index in [9.17, 15) is 15.0 Å². The predicted octanol–water partition coefficient (Wildman–Crippen LogP) is 8.44. The molecule has 3 heteroatoms. The molecule has 3 nitrogen and oxygen atoms in total. The number of carbonyl (C=O) groups is 1. The second kappa shape index (κ2) is 11.3. The molecule has 2 N–H and O–H groups in total. The van der Waals surface area contributed by atoms with Crippen molar-refractivity contribution in [3.8, 4) is 0 Å². The molecular weight excluding hydrogens is 444 g/mol. The van der Waals surface area contributed by atoms with E-state index in [0.29, 0.717) is 11.3 Å². The molecule has 0 aliphatic heterocycles. The number of hydrogen-bond acceptors (Lipinski definition) is 2. The highest BCUT2D eigenvalue weighted by Crippen LogP contribution is 2.70. The Balaban J connectivity index is 1.52. The van der Waals surface area contributed by atoms with Gasteiger partial charge in [0.15, 0.2) is 0 Å². The molecule has 4 aliphatic rings. The number of aliphatic hydroxyl groups excluding tert-OH is 1. The number of carboxylic acid groups (broad SMARTS) is 1. The van der Waals surface area contributed by atoms with Crippen LogP contribution in [0.15, 0.2) is 0 Å². The molecule has 4 rings (SSSR count). The number of rotatable bonds is 10. The molecular formula is C33H58O3. The quantitative estimate of drug-likeness (QED) is 0.315. The lowest BCUT2D eigenvalue weighted by Crippen LogP contribution is -2.57. The van der Waals surface area contributed by atoms with Gasteiger partial charge in [0.05, 0.1) is 6.42 Å². The van der Waals surface area contributed by atoms with Gasteiger partial charge < -0.3 is 10.2 Å². The van der Waals surface area contributed by atoms with E-state index in [2.05, 4.69) is 41.5 Å². The van der Waals surface area contributed by atoms with Gasteiger partial charge in [-0.1, -0.05) is 60.8 Å². The monoisotopic (exact) mass is 502 g/mol. The van der Waals surface area contributed by atoms with Crippen molar-refractivity contribution in [3.63, 3.8) is 0 Å². The van der Waals surface area contributed by atoms with E-state index in [1.165, 1.54) is 70.6 Å². The third-order valence-electron chi connectivity index (χ3n) is 13.3. The van der Waals surface area contributed by atoms with E-state index in [0.717, 1.165) is 53.8 Å². The summed E-state index contributed by atoms with van der Waals surface area (Å²) in [5, 5.41) is 19.9. The molecule has 0 aromatic heterocycles. The van der Waals surface area contributed by atoms with Crippen LogP contribution >= 0.6 is 0 Å². The normalized spacial score (nSPS) is 42.8. The molecule has 0 saturated heterocycles. The van der Waals surface area contributed by atoms with E-state index in [1.807, 2.05) is 0 Å². The SMILES string of the molecule is CC[C@H](CC[C@@H](C)[C@H]1CC[C@H]2[C@@H]3CCC4CCCC(C(CO)CC(=O)O)[C@]4(C)[C@H]3CC[C@]12C)C(C)C. The van der Waals surface area contributed by atoms with Gasteiger partial charge in [0.2, 0.25) is 0 Å². The molecule has 36 heavy (non-hydrogen) atoms. The summed E-state index contributed by atoms with van der Waals surface area (Å²) in [6.45, 7) is 15.0. The van der Waals surface area contributed by atoms with Gasteiger partial charge in [-0.15, -0.1) is 0 Å². The summed E-state index contributed by atoms with van der Waals surface area (Å²) >= 11 is 0. The van der Waals surface area contributed by atoms with Crippen molar-refractivity contribution >= 4 is 5.97 Å². The lowest BCUT2D eigenvalue weighted by molar-refractivity contribution is -0.160. The zero-order chi connectivity index (χ0) is 26.3. The third kappa shape index (κ3) is 4.93. The Morgan fingerprint density at radius 1 is 0.917 bits per heavy atom. The van der Waals surface area contributed by atoms with E-state index in [-0.39, 0.29) is 24.4 Å². The summed E-state index contributed by atoms with van der Waals surface area (Å²) in [5.41, 5.74) is 0.700. The average molecular weight is 503 g/mol. The molecule has 0 bridgehead atoms. The summed E-state index contributed by atoms with van der Waals surface area (Å²) in [4.78, 5) is 11.7. The zero-order valence-electron chi connectivity index (χ0n) is 24.5. The van der Waals surface area contributed by atoms with Crippen molar-refractivity contribution in [1.82, 2.24) is 0 Å². The standard InChI is InChI=1S/C33H58O3/c1-7-23(21(2)3)12-11-22(4)27-15-16-29-26-14-13-25-9-8-10-28(24(20-34)19-31(35)36)33(25,6)30(26)17-18-32(27,29)5/h21-30,34H,7-20H2,1-6H3,(H,35,36)/t22-,23-,24?,25?,26+,27-,28?,29+,30+,32-,33-/m1/s1. The Morgan fingerprint density at radius 3 is 2.31 bits per heavy atom. The highest BCUT2D eigenvalue weighted by atomic mass is 16.4. The van der Waals surface area contributed by atoms with Crippen molar-refractivity contribution in [2.75, 3.05) is 6.61 Å². The van der Waals surface area contributed by atoms with Crippen molar-refractivity contribution < 1.29 is 15.0 Å². The zero-order valence-corrected chi connectivity index (χ0v) is 24.5. The third-order valence-corrected chi connectivity index (χ3v) is 13.3. The first-order valence-electron chi connectivity index (χ1n) is 15.9. The second-order valence-corrected chi connectivity index (χ2v) is 14.8. The minimum Gasteiger partial charge on any atom is -0.481 e. The minimum atomic E-state index is -0.737. The second-order valence-electron chi connectivity index (χ2n) is 14.8. The molecule has 4 fully saturated rings. The van der Waals surface area contributed by atoms with Gasteiger partial charge in [-0.3, -0.25) is 4.79 Å². The smallest absolute Gasteiger partial charge is 0.303 e. The number of hydrogen-bond donors (Lipinski definition) is 2. The van der Waals surface area contributed by atoms with Crippen LogP contribution < -0.4 is 0 Å². The first-order valence-corrected chi connectivity index (χ1v) is 15.9. The Morgan fingerprint density at radius 2 is 1.67 bits per heavy atom. The maximum Gasteiger partial charge on any atom is 0.303 e. The summed E-state index contributed by atoms with van der Waals surface area (Å²) in [5.74, 6) is 6.03. The summed E-state index contributed by atoms with van der Waals surface area (Å²) in [6, 6.07) is 0. The Hall–Kier alpha value is -0.570. The Bertz CT molecular complexity index is 747. The molecule has 0 heterocycles. The summed E-state index contributed by atoms with van der Waals surface area (Å²) < 4.78 is 0. The van der Waals surface area contributed by atoms with Crippen LogP contribution in [0.3, 0.4) is 0 Å². The highest BCUT2D eigenvalue weighted by Gasteiger charge is 2.62. The Labute approximate surface area is 222 Å². The first kappa shape index (κ1) is 28.4. The van der Waals surface area contributed by atoms with Gasteiger partial charge in [-0.05, 0) is 128 Å². The summed E-state index contributed by atoms with van der Waals surface area (Å²) in [7, 11) is 0. The largest absolute Gasteiger partial charge is 0.481 e. The van der Waals surface area contributed by atoms with E-state index in [1.54, 1.807) is 0 Å². The molecule has 0 aromatic carbocycles. The van der Waals surface area contributed by atoms with Crippen LogP contribution in [0.1, 0.15) is 125 Å². The van der Waals surface area contributed by atoms with Crippen LogP contribution in [0.2, 0.25) is 0 Å². The molecule has 0 radical (unpaired) electrons. The number of aliphatic carboxylic acids is 1. The molecule has 3 unspecified atom stereocenters. The topological polar surface area (TPSA) is 57.5 Å². The first-order chi connectivity index (χ1) is 17.1. The van der Waals surface area contributed by atoms with Crippen LogP contribution in [0.5, 0.6) is 0 Å². The van der Waals surface area contributed by atoms with Crippen molar-refractivity contribution in [3.05, 3.63) is 0 Å². The number of aliphatic hydroxyl groups is 1. The van der Waals surface area contributed by atoms with Crippen LogP contribution in [0, 0.1) is 70.0 Å². The van der Waals surface area contributed by atoms with Crippen LogP contribution in [-0.4, -0.2) is 22.8 Å². The lowest BCUT2D eigenvalue weighted by atomic mass is 9.41. The molecule has 208 valence electrons. The van der Waals surface area contributed by atoms with Crippen molar-refractivity contribution in [1.29, 1.82) is 0 Å². The van der Waals surface area contributed by atoms with Gasteiger partial charge in [-0.2, -0.15) is 0 Å². The maximum absolute atomic E-state index is 11.7. The number of fused-ring (bicyclic) bond motifs is 5. The number of carboxylic acids is 1. The molecule has 11 atom stereocenters. The molecule has 0 aromatic rings. The van der Waals surface area contributed by atoms with Crippen molar-refractivity contribution in [2.45, 2.75) is 125 Å². The van der Waals surface area contributed by atoms with Gasteiger partial charge in [0, 0.05) is 6.61 Å². The van der Waals surface area contributed by atoms with Gasteiger partial charge >= 0.3 is 5.97 Å². The van der Waals surface area contributed by atoms with Gasteiger partial charge in [0.25, 0.3) is 0 Å². The van der Waals surface area contributed by atoms with Crippen molar-refractivity contribution in [2.24, 2.45) is 70.0 Å². The summed E-state index contributed by atoms with van der Waals surface area (Å²) in [6.07, 6.45) is 16.2. The van der Waals surface area contributed by atoms with Gasteiger partial charge in [-0.25, -0.2) is 0 Å². The molecule has 4 saturated carbocycles. The van der Waals surface area contributed by atoms with Crippen LogP contribution in [0.4, 0.5) is 0 Å². The molecule has 4 aliphatic carbocycles. The predicted molar refractivity (Wildman–Crippen MR) is 149 cm³/mol. The maximum atomic E-state index is 11.7. The lowest BCUT2D eigenvalue weighted by Gasteiger charge is -2.64. The van der Waals surface area contributed by atoms with E-state index < -0.39 is 5.97 Å². The fourth-order valence-corrected chi connectivity index (χ4v) is 11.4. The Kier molecular flexibility index (Phi) is 8.90. The van der Waals surface area contributed by atoms with E-state index >= 15 is 0 Å². The highest BCUT2D eigenvalue weighted by molar-refractivity contribution is 5.67. The van der Waals surface area contributed by atoms with Crippen LogP contribution in [-0.2, 0) is 4.79 Å². The fraction of sp³-hybridized carbons (Fsp3) is 0.970. The minimum absolute atomic E-state index is 0.0343. The van der Waals surface area contributed by atoms with Gasteiger partial charge in [0.1, 0.15) is 0 Å². The van der Waals surface area contributed by atoms with E-state index in [4.69, 9.17) is 0 Å². The molecule has 0 amide bonds. The van der Waals surface area contributed by atoms with Crippen LogP contribution in [0.25, 0.3) is 0 Å².